The first-order chi connectivity index (χ1) is 22.8. The van der Waals surface area contributed by atoms with Gasteiger partial charge in [0, 0.05) is 74.2 Å². The first-order valence-corrected chi connectivity index (χ1v) is 18.6. The number of aryl methyl sites for hydroxylation is 1. The van der Waals surface area contributed by atoms with Gasteiger partial charge in [0.15, 0.2) is 0 Å². The summed E-state index contributed by atoms with van der Waals surface area (Å²) < 4.78 is 66.1. The maximum Gasteiger partial charge on any atom is 0.393 e. The molecular formula is C32H39F3N8O3S2. The van der Waals surface area contributed by atoms with E-state index in [1.165, 1.54) is 22.5 Å². The molecule has 11 nitrogen and oxygen atoms in total. The summed E-state index contributed by atoms with van der Waals surface area (Å²) in [6.45, 7) is 6.54. The predicted molar refractivity (Wildman–Crippen MR) is 179 cm³/mol. The number of aliphatic hydroxyl groups is 1. The van der Waals surface area contributed by atoms with Crippen LogP contribution in [0.4, 0.5) is 19.0 Å². The zero-order chi connectivity index (χ0) is 34.2. The lowest BCUT2D eigenvalue weighted by Gasteiger charge is -2.38. The minimum atomic E-state index is -4.27. The molecule has 1 atom stereocenters. The molecule has 1 unspecified atom stereocenters. The number of alkyl halides is 3. The number of aromatic nitrogens is 3. The number of thiophene rings is 1. The summed E-state index contributed by atoms with van der Waals surface area (Å²) in [5, 5.41) is 25.4. The zero-order valence-corrected chi connectivity index (χ0v) is 28.5. The molecule has 0 saturated carbocycles. The molecule has 0 spiro atoms. The van der Waals surface area contributed by atoms with Gasteiger partial charge in [-0.15, -0.1) is 11.3 Å². The molecule has 2 aliphatic heterocycles. The van der Waals surface area contributed by atoms with Gasteiger partial charge in [0.1, 0.15) is 28.7 Å². The second-order valence-corrected chi connectivity index (χ2v) is 15.8. The van der Waals surface area contributed by atoms with Gasteiger partial charge in [-0.2, -0.15) is 22.7 Å². The summed E-state index contributed by atoms with van der Waals surface area (Å²) in [5.74, 6) is 0.571. The van der Waals surface area contributed by atoms with E-state index in [1.807, 2.05) is 16.7 Å². The smallest absolute Gasteiger partial charge is 0.393 e. The molecule has 1 aromatic carbocycles. The molecule has 5 heterocycles. The minimum absolute atomic E-state index is 0.111. The third kappa shape index (κ3) is 7.61. The van der Waals surface area contributed by atoms with Crippen LogP contribution < -0.4 is 5.32 Å². The predicted octanol–water partition coefficient (Wildman–Crippen LogP) is 3.95. The Morgan fingerprint density at radius 2 is 1.83 bits per heavy atom. The summed E-state index contributed by atoms with van der Waals surface area (Å²) in [7, 11) is -3.26. The van der Waals surface area contributed by atoms with Gasteiger partial charge in [0.2, 0.25) is 10.0 Å². The number of halogens is 3. The number of likely N-dealkylation sites (tertiary alicyclic amines) is 1. The number of sulfonamides is 1. The van der Waals surface area contributed by atoms with Gasteiger partial charge in [0.25, 0.3) is 0 Å². The van der Waals surface area contributed by atoms with E-state index in [-0.39, 0.29) is 23.6 Å². The number of benzene rings is 1. The lowest BCUT2D eigenvalue weighted by atomic mass is 10.0. The van der Waals surface area contributed by atoms with Crippen LogP contribution in [0.5, 0.6) is 0 Å². The highest BCUT2D eigenvalue weighted by Gasteiger charge is 2.30. The van der Waals surface area contributed by atoms with Crippen LogP contribution in [-0.4, -0.2) is 113 Å². The number of piperidine rings is 1. The summed E-state index contributed by atoms with van der Waals surface area (Å²) in [6.07, 6.45) is -0.951. The van der Waals surface area contributed by atoms with Crippen molar-refractivity contribution in [1.82, 2.24) is 28.6 Å². The molecule has 0 bridgehead atoms. The Kier molecular flexibility index (Phi) is 9.99. The topological polar surface area (TPSA) is 131 Å². The highest BCUT2D eigenvalue weighted by Crippen LogP contribution is 2.33. The Bertz CT molecular complexity index is 1920. The van der Waals surface area contributed by atoms with Crippen LogP contribution in [0.3, 0.4) is 0 Å². The largest absolute Gasteiger partial charge is 0.395 e. The molecule has 0 aliphatic carbocycles. The average molecular weight is 705 g/mol. The van der Waals surface area contributed by atoms with Crippen LogP contribution >= 0.6 is 11.3 Å². The molecule has 3 aromatic heterocycles. The second-order valence-electron chi connectivity index (χ2n) is 12.7. The average Bonchev–Trinajstić information content (AvgIpc) is 3.62. The Balaban J connectivity index is 1.10. The van der Waals surface area contributed by atoms with Crippen molar-refractivity contribution >= 4 is 48.3 Å². The summed E-state index contributed by atoms with van der Waals surface area (Å²) in [4.78, 5) is 13.8. The van der Waals surface area contributed by atoms with E-state index < -0.39 is 22.6 Å². The van der Waals surface area contributed by atoms with E-state index >= 15 is 0 Å². The number of anilines is 1. The van der Waals surface area contributed by atoms with Crippen molar-refractivity contribution < 1.29 is 26.7 Å². The van der Waals surface area contributed by atoms with Gasteiger partial charge < -0.3 is 15.0 Å². The van der Waals surface area contributed by atoms with Crippen molar-refractivity contribution in [2.45, 2.75) is 57.5 Å². The van der Waals surface area contributed by atoms with Crippen molar-refractivity contribution in [1.29, 1.82) is 5.26 Å². The zero-order valence-electron chi connectivity index (χ0n) is 26.9. The van der Waals surface area contributed by atoms with Crippen LogP contribution in [-0.2, 0) is 29.5 Å². The molecule has 2 fully saturated rings. The minimum Gasteiger partial charge on any atom is -0.395 e. The van der Waals surface area contributed by atoms with Gasteiger partial charge in [-0.1, -0.05) is 6.07 Å². The molecule has 2 N–H and O–H groups in total. The first kappa shape index (κ1) is 34.5. The fourth-order valence-corrected chi connectivity index (χ4v) is 8.71. The number of piperazine rings is 1. The molecule has 6 rings (SSSR count). The highest BCUT2D eigenvalue weighted by molar-refractivity contribution is 7.88. The quantitative estimate of drug-likeness (QED) is 0.252. The Morgan fingerprint density at radius 1 is 1.10 bits per heavy atom. The fraction of sp³-hybridized carbons (Fsp3) is 0.531. The van der Waals surface area contributed by atoms with Crippen molar-refractivity contribution in [3.05, 3.63) is 52.3 Å². The van der Waals surface area contributed by atoms with Crippen molar-refractivity contribution in [2.75, 3.05) is 57.4 Å². The van der Waals surface area contributed by atoms with Gasteiger partial charge >= 0.3 is 6.18 Å². The van der Waals surface area contributed by atoms with E-state index in [0.29, 0.717) is 54.5 Å². The number of aliphatic hydroxyl groups excluding tert-OH is 1. The lowest BCUT2D eigenvalue weighted by molar-refractivity contribution is -0.126. The molecule has 16 heteroatoms. The first-order valence-electron chi connectivity index (χ1n) is 15.9. The molecule has 0 radical (unpaired) electrons. The molecule has 258 valence electrons. The maximum absolute atomic E-state index is 12.9. The molecule has 0 amide bonds. The molecule has 2 saturated heterocycles. The Hall–Kier alpha value is -3.33. The number of hydrogen-bond donors (Lipinski definition) is 2. The van der Waals surface area contributed by atoms with E-state index in [2.05, 4.69) is 44.1 Å². The monoisotopic (exact) mass is 704 g/mol. The standard InChI is InChI=1S/C32H39F3N8O3S2/c1-21-22(17-40-7-5-23(6-8-40)39-30-28-14-26(15-32(33,34)35)47-31(28)38-20-37-30)3-4-29-27(21)13-24(16-36)43(29)18-25(19-44)41-9-11-42(12-10-41)48(2,45)46/h3-4,13-14,20,23,25,44H,5-12,15,17-19H2,1-2H3,(H,37,38,39). The second kappa shape index (κ2) is 13.9. The van der Waals surface area contributed by atoms with E-state index in [4.69, 9.17) is 0 Å². The molecule has 2 aliphatic rings. The van der Waals surface area contributed by atoms with E-state index in [1.54, 1.807) is 6.07 Å². The summed E-state index contributed by atoms with van der Waals surface area (Å²) in [6, 6.07) is 9.79. The number of rotatable bonds is 10. The van der Waals surface area contributed by atoms with E-state index in [9.17, 15) is 32.0 Å². The number of nitrogens with one attached hydrogen (secondary N) is 1. The summed E-state index contributed by atoms with van der Waals surface area (Å²) >= 11 is 1.05. The maximum atomic E-state index is 12.9. The third-order valence-electron chi connectivity index (χ3n) is 9.52. The molecular weight excluding hydrogens is 666 g/mol. The van der Waals surface area contributed by atoms with Gasteiger partial charge in [0.05, 0.1) is 30.7 Å². The number of nitriles is 1. The van der Waals surface area contributed by atoms with Crippen LogP contribution in [0.1, 0.15) is 34.5 Å². The van der Waals surface area contributed by atoms with Gasteiger partial charge in [-0.05, 0) is 49.1 Å². The number of nitrogens with zero attached hydrogens (tertiary/aromatic N) is 7. The Labute approximate surface area is 281 Å². The van der Waals surface area contributed by atoms with Crippen LogP contribution in [0, 0.1) is 18.3 Å². The Morgan fingerprint density at radius 3 is 2.48 bits per heavy atom. The fourth-order valence-electron chi connectivity index (χ4n) is 6.86. The van der Waals surface area contributed by atoms with Crippen molar-refractivity contribution in [3.8, 4) is 6.07 Å². The highest BCUT2D eigenvalue weighted by atomic mass is 32.2. The van der Waals surface area contributed by atoms with E-state index in [0.717, 1.165) is 60.3 Å². The number of fused-ring (bicyclic) bond motifs is 2. The number of hydrogen-bond acceptors (Lipinski definition) is 10. The van der Waals surface area contributed by atoms with Crippen LogP contribution in [0.15, 0.2) is 30.6 Å². The SMILES string of the molecule is Cc1c(CN2CCC(Nc3ncnc4sc(CC(F)(F)F)cc34)CC2)ccc2c1cc(C#N)n2CC(CO)N1CCN(S(C)(=O)=O)CC1. The summed E-state index contributed by atoms with van der Waals surface area (Å²) in [5.41, 5.74) is 3.70. The van der Waals surface area contributed by atoms with Gasteiger partial charge in [-0.25, -0.2) is 18.4 Å². The van der Waals surface area contributed by atoms with Gasteiger partial charge in [-0.3, -0.25) is 9.80 Å². The van der Waals surface area contributed by atoms with Crippen molar-refractivity contribution in [2.24, 2.45) is 0 Å². The molecule has 4 aromatic rings. The van der Waals surface area contributed by atoms with Crippen LogP contribution in [0.25, 0.3) is 21.1 Å². The lowest BCUT2D eigenvalue weighted by Crippen LogP contribution is -2.53. The molecule has 48 heavy (non-hydrogen) atoms. The normalized spacial score (nSPS) is 18.4. The third-order valence-corrected chi connectivity index (χ3v) is 11.9. The van der Waals surface area contributed by atoms with Crippen LogP contribution in [0.2, 0.25) is 0 Å². The van der Waals surface area contributed by atoms with Crippen molar-refractivity contribution in [3.63, 3.8) is 0 Å².